The molecule has 30 heavy (non-hydrogen) atoms. The van der Waals surface area contributed by atoms with Crippen LogP contribution in [0.3, 0.4) is 0 Å². The van der Waals surface area contributed by atoms with Crippen molar-refractivity contribution in [2.75, 3.05) is 44.7 Å². The molecule has 174 valence electrons. The summed E-state index contributed by atoms with van der Waals surface area (Å²) in [5.74, 6) is 1.44. The number of piperazine rings is 1. The Labute approximate surface area is 186 Å². The molecule has 2 N–H and O–H groups in total. The van der Waals surface area contributed by atoms with Gasteiger partial charge in [-0.3, -0.25) is 4.79 Å². The fourth-order valence-corrected chi connectivity index (χ4v) is 5.03. The molecule has 2 aliphatic rings. The molecule has 0 aromatic rings. The molecule has 1 aliphatic heterocycles. The van der Waals surface area contributed by atoms with Crippen molar-refractivity contribution in [2.45, 2.75) is 77.0 Å². The molecule has 0 radical (unpaired) electrons. The second-order valence-corrected chi connectivity index (χ2v) is 10.8. The number of hydrogen-bond acceptors (Lipinski definition) is 6. The fourth-order valence-electron chi connectivity index (χ4n) is 4.08. The van der Waals surface area contributed by atoms with Crippen molar-refractivity contribution < 1.29 is 19.4 Å². The molecule has 2 rings (SSSR count). The number of amides is 2. The van der Waals surface area contributed by atoms with Gasteiger partial charge in [-0.25, -0.2) is 4.79 Å². The van der Waals surface area contributed by atoms with E-state index in [1.54, 1.807) is 0 Å². The van der Waals surface area contributed by atoms with Gasteiger partial charge in [-0.2, -0.15) is 0 Å². The first-order chi connectivity index (χ1) is 14.1. The van der Waals surface area contributed by atoms with Gasteiger partial charge in [0.2, 0.25) is 5.91 Å². The molecule has 0 aromatic heterocycles. The second kappa shape index (κ2) is 12.2. The number of aliphatic hydroxyl groups is 1. The summed E-state index contributed by atoms with van der Waals surface area (Å²) in [6.45, 7) is 8.84. The predicted octanol–water partition coefficient (Wildman–Crippen LogP) is 2.72. The first kappa shape index (κ1) is 25.3. The number of nitrogens with zero attached hydrogens (tertiary/aromatic N) is 2. The molecule has 8 heteroatoms. The van der Waals surface area contributed by atoms with Crippen LogP contribution in [0.15, 0.2) is 0 Å². The van der Waals surface area contributed by atoms with E-state index in [2.05, 4.69) is 17.3 Å². The van der Waals surface area contributed by atoms with E-state index in [1.165, 1.54) is 31.0 Å². The maximum absolute atomic E-state index is 12.4. The van der Waals surface area contributed by atoms with Crippen LogP contribution in [0, 0.1) is 5.92 Å². The molecule has 1 saturated heterocycles. The fraction of sp³-hybridized carbons (Fsp3) is 0.909. The molecule has 0 aromatic carbocycles. The third-order valence-electron chi connectivity index (χ3n) is 5.85. The average molecular weight is 444 g/mol. The number of rotatable bonds is 8. The molecule has 0 bridgehead atoms. The first-order valence-corrected chi connectivity index (χ1v) is 12.5. The van der Waals surface area contributed by atoms with Crippen LogP contribution in [-0.4, -0.2) is 89.4 Å². The van der Waals surface area contributed by atoms with Gasteiger partial charge in [0.1, 0.15) is 5.60 Å². The van der Waals surface area contributed by atoms with Gasteiger partial charge < -0.3 is 25.0 Å². The molecule has 0 unspecified atom stereocenters. The van der Waals surface area contributed by atoms with Gasteiger partial charge >= 0.3 is 6.09 Å². The van der Waals surface area contributed by atoms with Crippen molar-refractivity contribution in [3.8, 4) is 0 Å². The Morgan fingerprint density at radius 2 is 1.77 bits per heavy atom. The summed E-state index contributed by atoms with van der Waals surface area (Å²) in [7, 11) is 2.07. The number of hydrogen-bond donors (Lipinski definition) is 2. The first-order valence-electron chi connectivity index (χ1n) is 11.4. The zero-order chi connectivity index (χ0) is 22.1. The number of nitrogens with one attached hydrogen (secondary N) is 1. The number of aliphatic hydroxyl groups excluding tert-OH is 1. The van der Waals surface area contributed by atoms with Crippen LogP contribution in [-0.2, 0) is 9.53 Å². The molecule has 2 atom stereocenters. The average Bonchev–Trinajstić information content (AvgIpc) is 2.67. The maximum atomic E-state index is 12.4. The Hall–Kier alpha value is -0.990. The summed E-state index contributed by atoms with van der Waals surface area (Å²) in [5, 5.41) is 13.7. The largest absolute Gasteiger partial charge is 0.444 e. The molecule has 0 spiro atoms. The van der Waals surface area contributed by atoms with Gasteiger partial charge in [0.05, 0.1) is 17.9 Å². The normalized spacial score (nSPS) is 21.2. The summed E-state index contributed by atoms with van der Waals surface area (Å²) >= 11 is 1.45. The quantitative estimate of drug-likeness (QED) is 0.600. The lowest BCUT2D eigenvalue weighted by Crippen LogP contribution is -2.48. The summed E-state index contributed by atoms with van der Waals surface area (Å²) in [5.41, 5.74) is -0.575. The smallest absolute Gasteiger partial charge is 0.407 e. The van der Waals surface area contributed by atoms with Gasteiger partial charge in [-0.15, -0.1) is 11.8 Å². The Morgan fingerprint density at radius 3 is 2.37 bits per heavy atom. The molecule has 1 saturated carbocycles. The maximum Gasteiger partial charge on any atom is 0.407 e. The predicted molar refractivity (Wildman–Crippen MR) is 122 cm³/mol. The number of thioether (sulfide) groups is 1. The number of carbonyl (C=O) groups excluding carboxylic acids is 2. The number of carbonyl (C=O) groups is 2. The Morgan fingerprint density at radius 1 is 1.13 bits per heavy atom. The van der Waals surface area contributed by atoms with E-state index in [1.807, 2.05) is 25.7 Å². The minimum Gasteiger partial charge on any atom is -0.444 e. The highest BCUT2D eigenvalue weighted by atomic mass is 32.2. The molecule has 2 fully saturated rings. The highest BCUT2D eigenvalue weighted by Gasteiger charge is 2.28. The SMILES string of the molecule is CN1CCN(C(=O)CSC[C@H](O)[C@H](CC2CCCCC2)NC(=O)OC(C)(C)C)CC1. The van der Waals surface area contributed by atoms with Gasteiger partial charge in [-0.05, 0) is 40.2 Å². The zero-order valence-electron chi connectivity index (χ0n) is 19.2. The van der Waals surface area contributed by atoms with Crippen molar-refractivity contribution in [3.63, 3.8) is 0 Å². The van der Waals surface area contributed by atoms with E-state index in [0.717, 1.165) is 45.4 Å². The van der Waals surface area contributed by atoms with Gasteiger partial charge in [0.15, 0.2) is 0 Å². The monoisotopic (exact) mass is 443 g/mol. The lowest BCUT2D eigenvalue weighted by atomic mass is 9.84. The number of ether oxygens (including phenoxy) is 1. The number of likely N-dealkylation sites (N-methyl/N-ethyl adjacent to an activating group) is 1. The third-order valence-corrected chi connectivity index (χ3v) is 6.88. The van der Waals surface area contributed by atoms with Crippen LogP contribution in [0.4, 0.5) is 4.79 Å². The minimum atomic E-state index is -0.704. The number of alkyl carbamates (subject to hydrolysis) is 1. The van der Waals surface area contributed by atoms with Crippen LogP contribution in [0.1, 0.15) is 59.3 Å². The molecule has 7 nitrogen and oxygen atoms in total. The standard InChI is InChI=1S/C22H41N3O4S/c1-22(2,3)29-21(28)23-18(14-17-8-6-5-7-9-17)19(26)15-30-16-20(27)25-12-10-24(4)11-13-25/h17-19,26H,5-16H2,1-4H3,(H,23,28)/t18-,19-/m0/s1. The summed E-state index contributed by atoms with van der Waals surface area (Å²) in [6.07, 6.45) is 5.57. The van der Waals surface area contributed by atoms with Crippen molar-refractivity contribution in [3.05, 3.63) is 0 Å². The van der Waals surface area contributed by atoms with Crippen LogP contribution >= 0.6 is 11.8 Å². The van der Waals surface area contributed by atoms with E-state index in [4.69, 9.17) is 4.74 Å². The van der Waals surface area contributed by atoms with E-state index in [9.17, 15) is 14.7 Å². The minimum absolute atomic E-state index is 0.129. The highest BCUT2D eigenvalue weighted by molar-refractivity contribution is 7.99. The molecular formula is C22H41N3O4S. The van der Waals surface area contributed by atoms with Crippen molar-refractivity contribution in [2.24, 2.45) is 5.92 Å². The zero-order valence-corrected chi connectivity index (χ0v) is 20.0. The van der Waals surface area contributed by atoms with Crippen molar-refractivity contribution in [1.82, 2.24) is 15.1 Å². The third kappa shape index (κ3) is 9.43. The Kier molecular flexibility index (Phi) is 10.2. The topological polar surface area (TPSA) is 82.1 Å². The summed E-state index contributed by atoms with van der Waals surface area (Å²) in [4.78, 5) is 28.9. The molecule has 1 aliphatic carbocycles. The van der Waals surface area contributed by atoms with Crippen LogP contribution in [0.25, 0.3) is 0 Å². The van der Waals surface area contributed by atoms with Crippen LogP contribution in [0.5, 0.6) is 0 Å². The van der Waals surface area contributed by atoms with Crippen molar-refractivity contribution in [1.29, 1.82) is 0 Å². The Balaban J connectivity index is 1.83. The Bertz CT molecular complexity index is 541. The van der Waals surface area contributed by atoms with Crippen molar-refractivity contribution >= 4 is 23.8 Å². The van der Waals surface area contributed by atoms with Gasteiger partial charge in [-0.1, -0.05) is 32.1 Å². The summed E-state index contributed by atoms with van der Waals surface area (Å²) in [6, 6.07) is -0.353. The second-order valence-electron chi connectivity index (χ2n) is 9.76. The van der Waals surface area contributed by atoms with E-state index in [-0.39, 0.29) is 11.9 Å². The van der Waals surface area contributed by atoms with Gasteiger partial charge in [0.25, 0.3) is 0 Å². The van der Waals surface area contributed by atoms with E-state index in [0.29, 0.717) is 17.4 Å². The molecule has 1 heterocycles. The highest BCUT2D eigenvalue weighted by Crippen LogP contribution is 2.28. The molecular weight excluding hydrogens is 402 g/mol. The van der Waals surface area contributed by atoms with Gasteiger partial charge in [0, 0.05) is 31.9 Å². The van der Waals surface area contributed by atoms with E-state index < -0.39 is 17.8 Å². The van der Waals surface area contributed by atoms with Crippen LogP contribution in [0.2, 0.25) is 0 Å². The molecule has 2 amide bonds. The summed E-state index contributed by atoms with van der Waals surface area (Å²) < 4.78 is 5.41. The van der Waals surface area contributed by atoms with E-state index >= 15 is 0 Å². The lowest BCUT2D eigenvalue weighted by Gasteiger charge is -2.33. The van der Waals surface area contributed by atoms with Crippen LogP contribution < -0.4 is 5.32 Å². The lowest BCUT2D eigenvalue weighted by molar-refractivity contribution is -0.129.